The monoisotopic (exact) mass is 186 g/mol. The van der Waals surface area contributed by atoms with E-state index in [2.05, 4.69) is 13.2 Å². The third-order valence-electron chi connectivity index (χ3n) is 1.47. The summed E-state index contributed by atoms with van der Waals surface area (Å²) in [6.45, 7) is 7.09. The maximum atomic E-state index is 11.9. The Balaban J connectivity index is 4.26. The third-order valence-corrected chi connectivity index (χ3v) is 4.19. The molecule has 68 valence electrons. The highest BCUT2D eigenvalue weighted by Gasteiger charge is 2.15. The van der Waals surface area contributed by atoms with Crippen LogP contribution in [0.2, 0.25) is 0 Å². The Morgan fingerprint density at radius 1 is 1.17 bits per heavy atom. The highest BCUT2D eigenvalue weighted by Crippen LogP contribution is 2.45. The number of aliphatic hydroxyl groups is 1. The molecule has 0 radical (unpaired) electrons. The number of aliphatic hydroxyl groups excluding tert-OH is 1. The predicted octanol–water partition coefficient (Wildman–Crippen LogP) is 2.79. The SMILES string of the molecule is C=CCP(=O)(CC=C)CC=CO. The number of hydrogen-bond acceptors (Lipinski definition) is 2. The lowest BCUT2D eigenvalue weighted by atomic mass is 10.7. The minimum absolute atomic E-state index is 0.418. The van der Waals surface area contributed by atoms with Crippen LogP contribution < -0.4 is 0 Å². The molecule has 2 nitrogen and oxygen atoms in total. The Morgan fingerprint density at radius 3 is 2.00 bits per heavy atom. The van der Waals surface area contributed by atoms with E-state index in [0.717, 1.165) is 6.26 Å². The van der Waals surface area contributed by atoms with Crippen molar-refractivity contribution in [3.8, 4) is 0 Å². The number of rotatable bonds is 6. The molecule has 0 aromatic rings. The lowest BCUT2D eigenvalue weighted by Gasteiger charge is -2.10. The molecule has 12 heavy (non-hydrogen) atoms. The van der Waals surface area contributed by atoms with Crippen molar-refractivity contribution < 1.29 is 9.67 Å². The summed E-state index contributed by atoms with van der Waals surface area (Å²) in [4.78, 5) is 0. The summed E-state index contributed by atoms with van der Waals surface area (Å²) in [5.74, 6) is 0. The molecule has 0 spiro atoms. The molecule has 0 saturated carbocycles. The number of hydrogen-bond donors (Lipinski definition) is 1. The molecule has 0 bridgehead atoms. The Morgan fingerprint density at radius 2 is 1.67 bits per heavy atom. The summed E-state index contributed by atoms with van der Waals surface area (Å²) < 4.78 is 11.9. The van der Waals surface area contributed by atoms with E-state index < -0.39 is 7.14 Å². The lowest BCUT2D eigenvalue weighted by molar-refractivity contribution is 0.472. The highest BCUT2D eigenvalue weighted by atomic mass is 31.2. The molecule has 0 atom stereocenters. The zero-order valence-electron chi connectivity index (χ0n) is 7.15. The maximum absolute atomic E-state index is 11.9. The van der Waals surface area contributed by atoms with Crippen LogP contribution in [0.3, 0.4) is 0 Å². The minimum Gasteiger partial charge on any atom is -0.516 e. The summed E-state index contributed by atoms with van der Waals surface area (Å²) in [5, 5.41) is 8.41. The summed E-state index contributed by atoms with van der Waals surface area (Å²) in [5.41, 5.74) is 0. The van der Waals surface area contributed by atoms with Gasteiger partial charge < -0.3 is 9.67 Å². The van der Waals surface area contributed by atoms with Crippen molar-refractivity contribution in [1.82, 2.24) is 0 Å². The fourth-order valence-electron chi connectivity index (χ4n) is 0.933. The third kappa shape index (κ3) is 4.20. The van der Waals surface area contributed by atoms with Crippen LogP contribution >= 0.6 is 7.14 Å². The zero-order chi connectivity index (χ0) is 9.45. The molecule has 0 rings (SSSR count). The fraction of sp³-hybridized carbons (Fsp3) is 0.333. The van der Waals surface area contributed by atoms with E-state index in [9.17, 15) is 4.57 Å². The van der Waals surface area contributed by atoms with Crippen molar-refractivity contribution in [3.05, 3.63) is 37.6 Å². The molecule has 1 N–H and O–H groups in total. The first-order chi connectivity index (χ1) is 5.68. The molecular formula is C9H15O2P. The Kier molecular flexibility index (Phi) is 5.48. The first-order valence-corrected chi connectivity index (χ1v) is 6.03. The summed E-state index contributed by atoms with van der Waals surface area (Å²) >= 11 is 0. The van der Waals surface area contributed by atoms with Gasteiger partial charge in [-0.25, -0.2) is 0 Å². The van der Waals surface area contributed by atoms with Crippen LogP contribution in [-0.2, 0) is 4.57 Å². The average molecular weight is 186 g/mol. The van der Waals surface area contributed by atoms with Crippen LogP contribution in [0, 0.1) is 0 Å². The molecule has 0 aromatic carbocycles. The van der Waals surface area contributed by atoms with Crippen LogP contribution in [0.5, 0.6) is 0 Å². The summed E-state index contributed by atoms with van der Waals surface area (Å²) in [7, 11) is -2.22. The van der Waals surface area contributed by atoms with Gasteiger partial charge in [-0.15, -0.1) is 13.2 Å². The van der Waals surface area contributed by atoms with Gasteiger partial charge in [-0.05, 0) is 6.08 Å². The Hall–Kier alpha value is -0.750. The maximum Gasteiger partial charge on any atom is 0.0985 e. The second-order valence-corrected chi connectivity index (χ2v) is 5.78. The van der Waals surface area contributed by atoms with Gasteiger partial charge in [0.2, 0.25) is 0 Å². The normalized spacial score (nSPS) is 11.7. The summed E-state index contributed by atoms with van der Waals surface area (Å²) in [6, 6.07) is 0. The van der Waals surface area contributed by atoms with Gasteiger partial charge in [0, 0.05) is 18.5 Å². The Bertz CT molecular complexity index is 205. The van der Waals surface area contributed by atoms with Gasteiger partial charge >= 0.3 is 0 Å². The molecule has 0 heterocycles. The quantitative estimate of drug-likeness (QED) is 0.393. The van der Waals surface area contributed by atoms with Crippen molar-refractivity contribution in [1.29, 1.82) is 0 Å². The molecule has 0 aliphatic rings. The molecule has 3 heteroatoms. The van der Waals surface area contributed by atoms with Crippen molar-refractivity contribution in [2.45, 2.75) is 0 Å². The van der Waals surface area contributed by atoms with E-state index in [-0.39, 0.29) is 0 Å². The second-order valence-electron chi connectivity index (χ2n) is 2.57. The first-order valence-electron chi connectivity index (χ1n) is 3.76. The highest BCUT2D eigenvalue weighted by molar-refractivity contribution is 7.64. The molecule has 0 amide bonds. The van der Waals surface area contributed by atoms with E-state index in [0.29, 0.717) is 18.5 Å². The van der Waals surface area contributed by atoms with Gasteiger partial charge in [0.05, 0.1) is 13.4 Å². The Labute approximate surface area is 73.7 Å². The van der Waals surface area contributed by atoms with Crippen LogP contribution in [-0.4, -0.2) is 23.6 Å². The zero-order valence-corrected chi connectivity index (χ0v) is 8.04. The van der Waals surface area contributed by atoms with Gasteiger partial charge in [-0.2, -0.15) is 0 Å². The standard InChI is InChI=1S/C9H15O2P/c1-3-7-12(11,8-4-2)9-5-6-10/h3-6,10H,1-2,7-9H2. The largest absolute Gasteiger partial charge is 0.516 e. The van der Waals surface area contributed by atoms with E-state index in [1.165, 1.54) is 6.08 Å². The molecule has 0 fully saturated rings. The lowest BCUT2D eigenvalue weighted by Crippen LogP contribution is -1.94. The molecule has 0 aromatic heterocycles. The number of allylic oxidation sites excluding steroid dienone is 3. The van der Waals surface area contributed by atoms with E-state index in [4.69, 9.17) is 5.11 Å². The van der Waals surface area contributed by atoms with E-state index >= 15 is 0 Å². The molecule has 0 aliphatic heterocycles. The van der Waals surface area contributed by atoms with Gasteiger partial charge in [-0.3, -0.25) is 0 Å². The first kappa shape index (κ1) is 11.2. The topological polar surface area (TPSA) is 37.3 Å². The predicted molar refractivity (Wildman–Crippen MR) is 54.4 cm³/mol. The molecular weight excluding hydrogens is 171 g/mol. The molecule has 0 saturated heterocycles. The second kappa shape index (κ2) is 5.84. The smallest absolute Gasteiger partial charge is 0.0985 e. The molecule has 0 aliphatic carbocycles. The molecule has 0 unspecified atom stereocenters. The fourth-order valence-corrected chi connectivity index (χ4v) is 2.80. The van der Waals surface area contributed by atoms with Crippen molar-refractivity contribution in [3.63, 3.8) is 0 Å². The van der Waals surface area contributed by atoms with Gasteiger partial charge in [0.25, 0.3) is 0 Å². The van der Waals surface area contributed by atoms with Gasteiger partial charge in [0.1, 0.15) is 0 Å². The van der Waals surface area contributed by atoms with Crippen LogP contribution in [0.25, 0.3) is 0 Å². The average Bonchev–Trinajstić information content (AvgIpc) is 2.02. The summed E-state index contributed by atoms with van der Waals surface area (Å²) in [6.07, 6.45) is 7.16. The van der Waals surface area contributed by atoms with Crippen molar-refractivity contribution >= 4 is 7.14 Å². The minimum atomic E-state index is -2.22. The van der Waals surface area contributed by atoms with Crippen molar-refractivity contribution in [2.75, 3.05) is 18.5 Å². The van der Waals surface area contributed by atoms with Crippen LogP contribution in [0.15, 0.2) is 37.6 Å². The van der Waals surface area contributed by atoms with Gasteiger partial charge in [-0.1, -0.05) is 12.2 Å². The van der Waals surface area contributed by atoms with Crippen LogP contribution in [0.4, 0.5) is 0 Å². The van der Waals surface area contributed by atoms with Crippen molar-refractivity contribution in [2.24, 2.45) is 0 Å². The van der Waals surface area contributed by atoms with Gasteiger partial charge in [0.15, 0.2) is 0 Å². The van der Waals surface area contributed by atoms with E-state index in [1.54, 1.807) is 12.2 Å². The van der Waals surface area contributed by atoms with E-state index in [1.807, 2.05) is 0 Å². The van der Waals surface area contributed by atoms with Crippen LogP contribution in [0.1, 0.15) is 0 Å².